The van der Waals surface area contributed by atoms with E-state index in [0.29, 0.717) is 17.5 Å². The topological polar surface area (TPSA) is 61.0 Å². The molecule has 0 N–H and O–H groups in total. The van der Waals surface area contributed by atoms with E-state index in [1.54, 1.807) is 0 Å². The Morgan fingerprint density at radius 2 is 0.592 bits per heavy atom. The average molecular weight is 973 g/mol. The molecule has 1 aliphatic heterocycles. The molecule has 4 heterocycles. The van der Waals surface area contributed by atoms with Gasteiger partial charge >= 0.3 is 0 Å². The van der Waals surface area contributed by atoms with Gasteiger partial charge in [-0.1, -0.05) is 158 Å². The van der Waals surface area contributed by atoms with Crippen molar-refractivity contribution in [2.24, 2.45) is 0 Å². The molecule has 0 fully saturated rings. The summed E-state index contributed by atoms with van der Waals surface area (Å²) < 4.78 is 11.8. The lowest BCUT2D eigenvalue weighted by Gasteiger charge is -2.33. The molecule has 15 rings (SSSR count). The molecule has 11 aromatic carbocycles. The maximum atomic E-state index is 7.12. The largest absolute Gasteiger partial charge is 0.453 e. The van der Waals surface area contributed by atoms with Gasteiger partial charge in [-0.25, -0.2) is 15.0 Å². The van der Waals surface area contributed by atoms with Crippen LogP contribution < -0.4 is 9.64 Å². The minimum Gasteiger partial charge on any atom is -0.453 e. The van der Waals surface area contributed by atoms with Gasteiger partial charge in [-0.2, -0.15) is 0 Å². The number of hydrogen-bond donors (Lipinski definition) is 0. The highest BCUT2D eigenvalue weighted by atomic mass is 16.5. The van der Waals surface area contributed by atoms with Crippen LogP contribution in [0.4, 0.5) is 17.1 Å². The minimum absolute atomic E-state index is 0.601. The first-order valence-corrected chi connectivity index (χ1v) is 25.6. The first-order chi connectivity index (χ1) is 37.7. The summed E-state index contributed by atoms with van der Waals surface area (Å²) in [6.07, 6.45) is 0. The molecule has 7 nitrogen and oxygen atoms in total. The second kappa shape index (κ2) is 17.7. The third kappa shape index (κ3) is 7.24. The van der Waals surface area contributed by atoms with Crippen LogP contribution in [0.15, 0.2) is 267 Å². The van der Waals surface area contributed by atoms with E-state index in [-0.39, 0.29) is 0 Å². The monoisotopic (exact) mass is 972 g/mol. The normalized spacial score (nSPS) is 12.0. The molecule has 7 heteroatoms. The molecule has 0 saturated heterocycles. The summed E-state index contributed by atoms with van der Waals surface area (Å²) in [5.41, 5.74) is 16.9. The predicted molar refractivity (Wildman–Crippen MR) is 310 cm³/mol. The molecule has 0 atom stereocenters. The Hall–Kier alpha value is -10.4. The number of rotatable bonds is 8. The van der Waals surface area contributed by atoms with Crippen molar-refractivity contribution in [3.63, 3.8) is 0 Å². The van der Waals surface area contributed by atoms with Crippen molar-refractivity contribution in [1.82, 2.24) is 24.1 Å². The Labute approximate surface area is 438 Å². The van der Waals surface area contributed by atoms with Crippen LogP contribution in [0.25, 0.3) is 111 Å². The number of benzene rings is 11. The third-order valence-corrected chi connectivity index (χ3v) is 14.7. The molecule has 356 valence electrons. The van der Waals surface area contributed by atoms with Crippen molar-refractivity contribution in [3.05, 3.63) is 267 Å². The molecule has 0 amide bonds. The van der Waals surface area contributed by atoms with Gasteiger partial charge in [0.15, 0.2) is 29.0 Å². The average Bonchev–Trinajstić information content (AvgIpc) is 4.03. The van der Waals surface area contributed by atoms with Gasteiger partial charge in [0, 0.05) is 55.3 Å². The first-order valence-electron chi connectivity index (χ1n) is 25.6. The van der Waals surface area contributed by atoms with Gasteiger partial charge in [-0.15, -0.1) is 0 Å². The quantitative estimate of drug-likeness (QED) is 0.152. The molecule has 0 spiro atoms. The molecule has 0 saturated carbocycles. The fraction of sp³-hybridized carbons (Fsp3) is 0. The summed E-state index contributed by atoms with van der Waals surface area (Å²) in [6.45, 7) is 0. The van der Waals surface area contributed by atoms with Crippen LogP contribution in [0.5, 0.6) is 11.5 Å². The van der Waals surface area contributed by atoms with Crippen LogP contribution in [0.3, 0.4) is 0 Å². The Bertz CT molecular complexity index is 4270. The number of fused-ring (bicyclic) bond motifs is 8. The van der Waals surface area contributed by atoms with E-state index in [9.17, 15) is 0 Å². The summed E-state index contributed by atoms with van der Waals surface area (Å²) in [6, 6.07) is 94.0. The fourth-order valence-corrected chi connectivity index (χ4v) is 11.2. The highest BCUT2D eigenvalue weighted by molar-refractivity contribution is 6.12. The van der Waals surface area contributed by atoms with Gasteiger partial charge in [-0.3, -0.25) is 0 Å². The summed E-state index contributed by atoms with van der Waals surface area (Å²) in [5, 5.41) is 4.81. The van der Waals surface area contributed by atoms with Crippen molar-refractivity contribution >= 4 is 60.7 Å². The zero-order chi connectivity index (χ0) is 50.1. The standard InChI is InChI=1S/C69H44N6O/c1-5-17-45(18-6-1)67-70-68(46-19-7-2-8-20-46)72-69(71-67)47-29-35-54(36-30-47)75-63-39-33-50(48-31-37-61-57(41-48)55-25-13-15-27-59(55)73(61)52-21-9-3-10-22-52)43-65(63)76-66-44-51(34-40-64(66)75)49-32-38-62-58(42-49)56-26-14-16-28-60(56)74(62)53-23-11-4-12-24-53/h1-44H. The lowest BCUT2D eigenvalue weighted by molar-refractivity contribution is 0.477. The highest BCUT2D eigenvalue weighted by Gasteiger charge is 2.28. The van der Waals surface area contributed by atoms with Gasteiger partial charge in [-0.05, 0) is 131 Å². The smallest absolute Gasteiger partial charge is 0.164 e. The van der Waals surface area contributed by atoms with Crippen LogP contribution in [0.2, 0.25) is 0 Å². The van der Waals surface area contributed by atoms with E-state index < -0.39 is 0 Å². The number of anilines is 3. The SMILES string of the molecule is c1ccc(-c2nc(-c3ccccc3)nc(-c3ccc(N4c5ccc(-c6ccc7c(c6)c6ccccc6n7-c6ccccc6)cc5Oc5cc(-c6ccc7c(c6)c6ccccc6n7-c6ccccc6)ccc54)cc3)n2)cc1. The van der Waals surface area contributed by atoms with E-state index >= 15 is 0 Å². The molecule has 0 unspecified atom stereocenters. The maximum absolute atomic E-state index is 7.12. The molecular weight excluding hydrogens is 929 g/mol. The lowest BCUT2D eigenvalue weighted by atomic mass is 9.99. The van der Waals surface area contributed by atoms with E-state index in [0.717, 1.165) is 89.9 Å². The van der Waals surface area contributed by atoms with Gasteiger partial charge in [0.2, 0.25) is 0 Å². The number of aromatic nitrogens is 5. The second-order valence-electron chi connectivity index (χ2n) is 19.2. The summed E-state index contributed by atoms with van der Waals surface area (Å²) in [7, 11) is 0. The van der Waals surface area contributed by atoms with E-state index in [4.69, 9.17) is 19.7 Å². The maximum Gasteiger partial charge on any atom is 0.164 e. The summed E-state index contributed by atoms with van der Waals surface area (Å²) in [5.74, 6) is 3.37. The molecule has 76 heavy (non-hydrogen) atoms. The molecule has 0 aliphatic carbocycles. The van der Waals surface area contributed by atoms with Crippen LogP contribution >= 0.6 is 0 Å². The van der Waals surface area contributed by atoms with Gasteiger partial charge in [0.25, 0.3) is 0 Å². The second-order valence-corrected chi connectivity index (χ2v) is 19.2. The number of para-hydroxylation sites is 4. The highest BCUT2D eigenvalue weighted by Crippen LogP contribution is 2.53. The molecule has 14 aromatic rings. The lowest BCUT2D eigenvalue weighted by Crippen LogP contribution is -2.16. The van der Waals surface area contributed by atoms with Crippen molar-refractivity contribution < 1.29 is 4.74 Å². The molecule has 1 aliphatic rings. The van der Waals surface area contributed by atoms with Crippen LogP contribution in [-0.2, 0) is 0 Å². The molecule has 3 aromatic heterocycles. The van der Waals surface area contributed by atoms with Crippen molar-refractivity contribution in [3.8, 4) is 79.3 Å². The predicted octanol–water partition coefficient (Wildman–Crippen LogP) is 18.0. The van der Waals surface area contributed by atoms with Gasteiger partial charge in [0.1, 0.15) is 0 Å². The summed E-state index contributed by atoms with van der Waals surface area (Å²) >= 11 is 0. The molecule has 0 bridgehead atoms. The summed E-state index contributed by atoms with van der Waals surface area (Å²) in [4.78, 5) is 17.3. The zero-order valence-electron chi connectivity index (χ0n) is 41.0. The van der Waals surface area contributed by atoms with Gasteiger partial charge < -0.3 is 18.8 Å². The molecule has 0 radical (unpaired) electrons. The minimum atomic E-state index is 0.601. The first kappa shape index (κ1) is 43.2. The van der Waals surface area contributed by atoms with E-state index in [1.165, 1.54) is 32.6 Å². The zero-order valence-corrected chi connectivity index (χ0v) is 41.0. The Morgan fingerprint density at radius 1 is 0.250 bits per heavy atom. The van der Waals surface area contributed by atoms with Crippen LogP contribution in [0.1, 0.15) is 0 Å². The Balaban J connectivity index is 0.857. The van der Waals surface area contributed by atoms with Crippen molar-refractivity contribution in [1.29, 1.82) is 0 Å². The Kier molecular flexibility index (Phi) is 10.1. The van der Waals surface area contributed by atoms with Crippen LogP contribution in [-0.4, -0.2) is 24.1 Å². The van der Waals surface area contributed by atoms with E-state index in [1.807, 2.05) is 60.7 Å². The van der Waals surface area contributed by atoms with Crippen LogP contribution in [0, 0.1) is 0 Å². The Morgan fingerprint density at radius 3 is 1.04 bits per heavy atom. The molecular formula is C69H44N6O. The van der Waals surface area contributed by atoms with Crippen molar-refractivity contribution in [2.75, 3.05) is 4.90 Å². The number of ether oxygens (including phenoxy) is 1. The van der Waals surface area contributed by atoms with E-state index in [2.05, 4.69) is 220 Å². The number of nitrogens with zero attached hydrogens (tertiary/aromatic N) is 6. The number of hydrogen-bond acceptors (Lipinski definition) is 5. The fourth-order valence-electron chi connectivity index (χ4n) is 11.2. The van der Waals surface area contributed by atoms with Crippen molar-refractivity contribution in [2.45, 2.75) is 0 Å². The third-order valence-electron chi connectivity index (χ3n) is 14.7. The van der Waals surface area contributed by atoms with Gasteiger partial charge in [0.05, 0.1) is 33.4 Å².